The van der Waals surface area contributed by atoms with Crippen molar-refractivity contribution in [3.8, 4) is 0 Å². The zero-order valence-corrected chi connectivity index (χ0v) is 17.7. The summed E-state index contributed by atoms with van der Waals surface area (Å²) in [4.78, 5) is 41.2. The van der Waals surface area contributed by atoms with Gasteiger partial charge in [-0.05, 0) is 36.8 Å². The quantitative estimate of drug-likeness (QED) is 0.706. The summed E-state index contributed by atoms with van der Waals surface area (Å²) in [5.41, 5.74) is 0.675. The Bertz CT molecular complexity index is 945. The molecule has 170 valence electrons. The molecule has 2 aromatic rings. The number of nitrogens with zero attached hydrogens (tertiary/aromatic N) is 2. The molecule has 0 aliphatic carbocycles. The number of nitrogens with one attached hydrogen (secondary N) is 1. The van der Waals surface area contributed by atoms with Crippen LogP contribution in [0.4, 0.5) is 14.5 Å². The first-order chi connectivity index (χ1) is 15.3. The van der Waals surface area contributed by atoms with E-state index in [-0.39, 0.29) is 24.4 Å². The normalized spacial score (nSPS) is 14.5. The van der Waals surface area contributed by atoms with Crippen molar-refractivity contribution in [3.05, 3.63) is 65.7 Å². The van der Waals surface area contributed by atoms with Gasteiger partial charge in [0.05, 0.1) is 19.6 Å². The first-order valence-corrected chi connectivity index (χ1v) is 10.3. The van der Waals surface area contributed by atoms with E-state index in [1.165, 1.54) is 11.8 Å². The Kier molecular flexibility index (Phi) is 7.88. The fourth-order valence-electron chi connectivity index (χ4n) is 3.44. The van der Waals surface area contributed by atoms with E-state index in [0.29, 0.717) is 32.0 Å². The maximum Gasteiger partial charge on any atom is 0.249 e. The largest absolute Gasteiger partial charge is 0.378 e. The Hall–Kier alpha value is -3.33. The fourth-order valence-corrected chi connectivity index (χ4v) is 3.44. The first-order valence-electron chi connectivity index (χ1n) is 10.3. The van der Waals surface area contributed by atoms with Crippen molar-refractivity contribution in [1.82, 2.24) is 10.2 Å². The van der Waals surface area contributed by atoms with Crippen molar-refractivity contribution in [2.45, 2.75) is 19.4 Å². The van der Waals surface area contributed by atoms with Gasteiger partial charge in [0.1, 0.15) is 24.2 Å². The van der Waals surface area contributed by atoms with Gasteiger partial charge in [-0.3, -0.25) is 14.4 Å². The van der Waals surface area contributed by atoms with Crippen LogP contribution in [0.2, 0.25) is 0 Å². The van der Waals surface area contributed by atoms with Gasteiger partial charge < -0.3 is 19.9 Å². The molecule has 1 fully saturated rings. The number of anilines is 1. The Balaban J connectivity index is 1.68. The number of amides is 3. The van der Waals surface area contributed by atoms with E-state index in [0.717, 1.165) is 18.2 Å². The molecule has 0 bridgehead atoms. The van der Waals surface area contributed by atoms with Crippen molar-refractivity contribution in [3.63, 3.8) is 0 Å². The Morgan fingerprint density at radius 1 is 1.06 bits per heavy atom. The van der Waals surface area contributed by atoms with Gasteiger partial charge in [-0.2, -0.15) is 0 Å². The Morgan fingerprint density at radius 2 is 1.69 bits per heavy atom. The number of rotatable bonds is 7. The lowest BCUT2D eigenvalue weighted by atomic mass is 10.1. The third kappa shape index (κ3) is 6.34. The molecule has 1 N–H and O–H groups in total. The minimum atomic E-state index is -0.960. The maximum atomic E-state index is 13.4. The molecule has 0 radical (unpaired) electrons. The first kappa shape index (κ1) is 23.3. The second kappa shape index (κ2) is 10.8. The molecular formula is C23H25F2N3O4. The molecule has 1 atom stereocenters. The van der Waals surface area contributed by atoms with E-state index < -0.39 is 29.5 Å². The summed E-state index contributed by atoms with van der Waals surface area (Å²) in [6.07, 6.45) is -0.287. The van der Waals surface area contributed by atoms with E-state index >= 15 is 0 Å². The van der Waals surface area contributed by atoms with Crippen LogP contribution in [0.1, 0.15) is 12.5 Å². The highest BCUT2D eigenvalue weighted by atomic mass is 19.1. The van der Waals surface area contributed by atoms with E-state index in [2.05, 4.69) is 5.32 Å². The number of carbonyl (C=O) groups is 3. The van der Waals surface area contributed by atoms with Crippen molar-refractivity contribution < 1.29 is 27.9 Å². The number of para-hydroxylation sites is 1. The predicted molar refractivity (Wildman–Crippen MR) is 114 cm³/mol. The third-order valence-corrected chi connectivity index (χ3v) is 5.03. The highest BCUT2D eigenvalue weighted by Crippen LogP contribution is 2.16. The average Bonchev–Trinajstić information content (AvgIpc) is 2.77. The smallest absolute Gasteiger partial charge is 0.249 e. The van der Waals surface area contributed by atoms with Crippen LogP contribution in [-0.2, 0) is 25.5 Å². The minimum Gasteiger partial charge on any atom is -0.378 e. The molecule has 2 aromatic carbocycles. The van der Waals surface area contributed by atoms with Crippen molar-refractivity contribution in [2.24, 2.45) is 0 Å². The number of halogens is 2. The molecule has 9 heteroatoms. The zero-order chi connectivity index (χ0) is 23.1. The molecule has 0 unspecified atom stereocenters. The number of benzene rings is 2. The highest BCUT2D eigenvalue weighted by Gasteiger charge is 2.28. The summed E-state index contributed by atoms with van der Waals surface area (Å²) >= 11 is 0. The summed E-state index contributed by atoms with van der Waals surface area (Å²) in [6, 6.07) is 10.6. The van der Waals surface area contributed by atoms with Gasteiger partial charge in [-0.15, -0.1) is 0 Å². The lowest BCUT2D eigenvalue weighted by Crippen LogP contribution is -2.52. The molecule has 0 aromatic heterocycles. The summed E-state index contributed by atoms with van der Waals surface area (Å²) in [5.74, 6) is -2.83. The molecule has 3 rings (SSSR count). The monoisotopic (exact) mass is 445 g/mol. The van der Waals surface area contributed by atoms with Crippen LogP contribution in [0.15, 0.2) is 48.5 Å². The van der Waals surface area contributed by atoms with E-state index in [1.807, 2.05) is 0 Å². The molecule has 0 spiro atoms. The van der Waals surface area contributed by atoms with Crippen LogP contribution in [0, 0.1) is 11.6 Å². The second-order valence-corrected chi connectivity index (χ2v) is 7.50. The molecule has 0 saturated carbocycles. The number of hydrogen-bond acceptors (Lipinski definition) is 4. The SMILES string of the molecule is C[C@H](NC(=O)Cc1cc(F)cc(F)c1)C(=O)N(CC(=O)N1CCOCC1)c1ccccc1. The number of morpholine rings is 1. The summed E-state index contributed by atoms with van der Waals surface area (Å²) in [5, 5.41) is 2.55. The summed E-state index contributed by atoms with van der Waals surface area (Å²) in [6.45, 7) is 3.11. The van der Waals surface area contributed by atoms with Crippen molar-refractivity contribution in [1.29, 1.82) is 0 Å². The topological polar surface area (TPSA) is 79.0 Å². The van der Waals surface area contributed by atoms with Crippen LogP contribution in [-0.4, -0.2) is 61.5 Å². The molecule has 1 saturated heterocycles. The fraction of sp³-hybridized carbons (Fsp3) is 0.348. The van der Waals surface area contributed by atoms with Crippen molar-refractivity contribution >= 4 is 23.4 Å². The van der Waals surface area contributed by atoms with Gasteiger partial charge in [-0.25, -0.2) is 8.78 Å². The van der Waals surface area contributed by atoms with Crippen LogP contribution in [0.25, 0.3) is 0 Å². The molecule has 32 heavy (non-hydrogen) atoms. The standard InChI is InChI=1S/C23H25F2N3O4/c1-16(26-21(29)13-17-11-18(24)14-19(25)12-17)23(31)28(20-5-3-2-4-6-20)15-22(30)27-7-9-32-10-8-27/h2-6,11-12,14,16H,7-10,13,15H2,1H3,(H,26,29)/t16-/m0/s1. The van der Waals surface area contributed by atoms with Crippen LogP contribution >= 0.6 is 0 Å². The summed E-state index contributed by atoms with van der Waals surface area (Å²) in [7, 11) is 0. The maximum absolute atomic E-state index is 13.4. The Labute approximate surface area is 184 Å². The van der Waals surface area contributed by atoms with E-state index in [1.54, 1.807) is 35.2 Å². The van der Waals surface area contributed by atoms with E-state index in [4.69, 9.17) is 4.74 Å². The van der Waals surface area contributed by atoms with E-state index in [9.17, 15) is 23.2 Å². The molecule has 3 amide bonds. The van der Waals surface area contributed by atoms with Gasteiger partial charge >= 0.3 is 0 Å². The summed E-state index contributed by atoms with van der Waals surface area (Å²) < 4.78 is 32.0. The second-order valence-electron chi connectivity index (χ2n) is 7.50. The van der Waals surface area contributed by atoms with Crippen LogP contribution < -0.4 is 10.2 Å². The minimum absolute atomic E-state index is 0.155. The molecule has 1 aliphatic heterocycles. The van der Waals surface area contributed by atoms with Gasteiger partial charge in [0.25, 0.3) is 0 Å². The Morgan fingerprint density at radius 3 is 2.31 bits per heavy atom. The van der Waals surface area contributed by atoms with Crippen LogP contribution in [0.5, 0.6) is 0 Å². The van der Waals surface area contributed by atoms with Crippen LogP contribution in [0.3, 0.4) is 0 Å². The predicted octanol–water partition coefficient (Wildman–Crippen LogP) is 1.90. The molecular weight excluding hydrogens is 420 g/mol. The van der Waals surface area contributed by atoms with Crippen molar-refractivity contribution in [2.75, 3.05) is 37.7 Å². The lowest BCUT2D eigenvalue weighted by molar-refractivity contribution is -0.135. The van der Waals surface area contributed by atoms with Gasteiger partial charge in [0.2, 0.25) is 17.7 Å². The average molecular weight is 445 g/mol. The number of carbonyl (C=O) groups excluding carboxylic acids is 3. The molecule has 7 nitrogen and oxygen atoms in total. The van der Waals surface area contributed by atoms with Gasteiger partial charge in [0.15, 0.2) is 0 Å². The number of ether oxygens (including phenoxy) is 1. The highest BCUT2D eigenvalue weighted by molar-refractivity contribution is 6.02. The van der Waals surface area contributed by atoms with Gasteiger partial charge in [-0.1, -0.05) is 18.2 Å². The zero-order valence-electron chi connectivity index (χ0n) is 17.7. The molecule has 1 aliphatic rings. The van der Waals surface area contributed by atoms with Gasteiger partial charge in [0, 0.05) is 24.8 Å². The third-order valence-electron chi connectivity index (χ3n) is 5.03. The number of hydrogen-bond donors (Lipinski definition) is 1. The lowest BCUT2D eigenvalue weighted by Gasteiger charge is -2.31. The molecule has 1 heterocycles.